The Morgan fingerprint density at radius 3 is 2.60 bits per heavy atom. The quantitative estimate of drug-likeness (QED) is 0.400. The van der Waals surface area contributed by atoms with Crippen molar-refractivity contribution >= 4 is 16.9 Å². The van der Waals surface area contributed by atoms with Crippen molar-refractivity contribution < 1.29 is 13.2 Å². The maximum absolute atomic E-state index is 12.8. The normalized spacial score (nSPS) is 12.3. The highest BCUT2D eigenvalue weighted by Gasteiger charge is 2.32. The van der Waals surface area contributed by atoms with Crippen LogP contribution in [0.1, 0.15) is 25.0 Å². The Balaban J connectivity index is 2.87. The van der Waals surface area contributed by atoms with Crippen LogP contribution in [0.4, 0.5) is 13.2 Å². The molecule has 20 heavy (non-hydrogen) atoms. The topological polar surface area (TPSA) is 48.2 Å². The molecule has 0 spiro atoms. The minimum absolute atomic E-state index is 0.0452. The Hall–Kier alpha value is -1.68. The van der Waals surface area contributed by atoms with E-state index in [2.05, 4.69) is 10.3 Å². The van der Waals surface area contributed by atoms with Gasteiger partial charge in [0.1, 0.15) is 0 Å². The zero-order chi connectivity index (χ0) is 15.2. The van der Waals surface area contributed by atoms with Gasteiger partial charge in [-0.15, -0.1) is 0 Å². The van der Waals surface area contributed by atoms with Gasteiger partial charge in [0.15, 0.2) is 11.4 Å². The molecule has 0 unspecified atom stereocenters. The number of hydrogen-bond donors (Lipinski definition) is 1. The summed E-state index contributed by atoms with van der Waals surface area (Å²) >= 11 is 1.07. The lowest BCUT2D eigenvalue weighted by molar-refractivity contribution is -0.138. The Morgan fingerprint density at radius 1 is 1.40 bits per heavy atom. The lowest BCUT2D eigenvalue weighted by Gasteiger charge is -2.12. The fraction of sp³-hybridized carbons (Fsp3) is 0.385. The van der Waals surface area contributed by atoms with Crippen LogP contribution in [0, 0.1) is 11.5 Å². The third-order valence-corrected chi connectivity index (χ3v) is 3.16. The van der Waals surface area contributed by atoms with Crippen LogP contribution in [-0.2, 0) is 11.9 Å². The molecule has 0 aromatic heterocycles. The molecular weight excluding hydrogens is 287 g/mol. The van der Waals surface area contributed by atoms with E-state index in [9.17, 15) is 13.2 Å². The molecule has 0 aliphatic heterocycles. The van der Waals surface area contributed by atoms with Crippen molar-refractivity contribution in [2.24, 2.45) is 4.99 Å². The van der Waals surface area contributed by atoms with Crippen LogP contribution in [0.15, 0.2) is 29.3 Å². The van der Waals surface area contributed by atoms with Crippen molar-refractivity contribution in [2.75, 3.05) is 0 Å². The first-order valence-electron chi connectivity index (χ1n) is 5.85. The number of rotatable bonds is 3. The lowest BCUT2D eigenvalue weighted by Crippen LogP contribution is -2.16. The van der Waals surface area contributed by atoms with Crippen LogP contribution in [0.2, 0.25) is 0 Å². The first-order chi connectivity index (χ1) is 9.34. The fourth-order valence-electron chi connectivity index (χ4n) is 1.46. The van der Waals surface area contributed by atoms with Gasteiger partial charge >= 0.3 is 6.18 Å². The number of halogens is 3. The van der Waals surface area contributed by atoms with E-state index in [-0.39, 0.29) is 17.4 Å². The predicted molar refractivity (Wildman–Crippen MR) is 74.1 cm³/mol. The van der Waals surface area contributed by atoms with Gasteiger partial charge in [0.25, 0.3) is 0 Å². The molecule has 3 nitrogen and oxygen atoms in total. The van der Waals surface area contributed by atoms with Gasteiger partial charge in [-0.3, -0.25) is 10.3 Å². The van der Waals surface area contributed by atoms with E-state index < -0.39 is 11.7 Å². The molecule has 0 radical (unpaired) electrons. The molecule has 0 saturated heterocycles. The number of aliphatic imine (C=N–C) groups is 1. The average Bonchev–Trinajstić information content (AvgIpc) is 2.35. The minimum Gasteiger partial charge on any atom is -0.272 e. The Labute approximate surface area is 119 Å². The molecule has 0 amide bonds. The summed E-state index contributed by atoms with van der Waals surface area (Å²) in [6.07, 6.45) is -2.65. The van der Waals surface area contributed by atoms with E-state index in [1.807, 2.05) is 13.8 Å². The number of nitrogens with one attached hydrogen (secondary N) is 1. The first-order valence-corrected chi connectivity index (χ1v) is 6.84. The van der Waals surface area contributed by atoms with Crippen molar-refractivity contribution in [1.29, 1.82) is 5.26 Å². The fourth-order valence-corrected chi connectivity index (χ4v) is 2.40. The van der Waals surface area contributed by atoms with E-state index in [0.29, 0.717) is 5.17 Å². The highest BCUT2D eigenvalue weighted by molar-refractivity contribution is 8.13. The Kier molecular flexibility index (Phi) is 5.89. The Morgan fingerprint density at radius 2 is 2.05 bits per heavy atom. The van der Waals surface area contributed by atoms with Crippen LogP contribution < -0.4 is 5.32 Å². The molecule has 0 atom stereocenters. The largest absolute Gasteiger partial charge is 0.416 e. The summed E-state index contributed by atoms with van der Waals surface area (Å²) in [4.78, 5) is 4.14. The summed E-state index contributed by atoms with van der Waals surface area (Å²) < 4.78 is 38.5. The SMILES string of the molecule is CC(C)N=C(NC#N)SCc1ccccc1C(F)(F)F. The molecule has 1 aromatic rings. The summed E-state index contributed by atoms with van der Waals surface area (Å²) in [5.74, 6) is 0.0932. The Bertz CT molecular complexity index is 518. The van der Waals surface area contributed by atoms with Crippen LogP contribution >= 0.6 is 11.8 Å². The maximum atomic E-state index is 12.8. The van der Waals surface area contributed by atoms with Gasteiger partial charge in [-0.25, -0.2) is 0 Å². The zero-order valence-electron chi connectivity index (χ0n) is 11.0. The van der Waals surface area contributed by atoms with Crippen LogP contribution in [-0.4, -0.2) is 11.2 Å². The highest BCUT2D eigenvalue weighted by Crippen LogP contribution is 2.33. The van der Waals surface area contributed by atoms with Crippen molar-refractivity contribution in [3.8, 4) is 6.19 Å². The molecule has 1 rings (SSSR count). The standard InChI is InChI=1S/C13H14F3N3S/c1-9(2)19-12(18-8-17)20-7-10-5-3-4-6-11(10)13(14,15)16/h3-6,9H,7H2,1-2H3,(H,18,19). The molecule has 0 heterocycles. The van der Waals surface area contributed by atoms with Crippen molar-refractivity contribution in [2.45, 2.75) is 31.8 Å². The number of benzene rings is 1. The molecule has 0 aliphatic rings. The van der Waals surface area contributed by atoms with Gasteiger partial charge in [0.2, 0.25) is 0 Å². The molecule has 0 fully saturated rings. The number of alkyl halides is 3. The van der Waals surface area contributed by atoms with Gasteiger partial charge in [0, 0.05) is 11.8 Å². The second-order valence-corrected chi connectivity index (χ2v) is 5.17. The van der Waals surface area contributed by atoms with E-state index in [1.165, 1.54) is 12.1 Å². The number of nitrogens with zero attached hydrogens (tertiary/aromatic N) is 2. The number of hydrogen-bond acceptors (Lipinski definition) is 3. The number of thioether (sulfide) groups is 1. The predicted octanol–water partition coefficient (Wildman–Crippen LogP) is 3.77. The number of nitriles is 1. The van der Waals surface area contributed by atoms with E-state index >= 15 is 0 Å². The second-order valence-electron chi connectivity index (χ2n) is 4.21. The lowest BCUT2D eigenvalue weighted by atomic mass is 10.1. The van der Waals surface area contributed by atoms with Gasteiger partial charge in [0.05, 0.1) is 5.56 Å². The third-order valence-electron chi connectivity index (χ3n) is 2.23. The summed E-state index contributed by atoms with van der Waals surface area (Å²) in [5.41, 5.74) is -0.491. The molecule has 1 aromatic carbocycles. The van der Waals surface area contributed by atoms with Crippen molar-refractivity contribution in [3.05, 3.63) is 35.4 Å². The molecule has 1 N–H and O–H groups in total. The number of amidine groups is 1. The van der Waals surface area contributed by atoms with Gasteiger partial charge in [-0.2, -0.15) is 18.4 Å². The zero-order valence-corrected chi connectivity index (χ0v) is 11.8. The van der Waals surface area contributed by atoms with Crippen LogP contribution in [0.3, 0.4) is 0 Å². The van der Waals surface area contributed by atoms with Crippen molar-refractivity contribution in [3.63, 3.8) is 0 Å². The van der Waals surface area contributed by atoms with Gasteiger partial charge in [-0.1, -0.05) is 30.0 Å². The molecule has 0 bridgehead atoms. The van der Waals surface area contributed by atoms with Gasteiger partial charge < -0.3 is 0 Å². The third kappa shape index (κ3) is 5.13. The second kappa shape index (κ2) is 7.20. The van der Waals surface area contributed by atoms with E-state index in [0.717, 1.165) is 17.8 Å². The summed E-state index contributed by atoms with van der Waals surface area (Å²) in [7, 11) is 0. The smallest absolute Gasteiger partial charge is 0.272 e. The van der Waals surface area contributed by atoms with Gasteiger partial charge in [-0.05, 0) is 25.5 Å². The van der Waals surface area contributed by atoms with E-state index in [1.54, 1.807) is 12.3 Å². The molecule has 0 aliphatic carbocycles. The minimum atomic E-state index is -4.38. The maximum Gasteiger partial charge on any atom is 0.416 e. The molecule has 108 valence electrons. The summed E-state index contributed by atoms with van der Waals surface area (Å²) in [6, 6.07) is 5.34. The monoisotopic (exact) mass is 301 g/mol. The van der Waals surface area contributed by atoms with E-state index in [4.69, 9.17) is 5.26 Å². The summed E-state index contributed by atoms with van der Waals surface area (Å²) in [5, 5.41) is 11.3. The first kappa shape index (κ1) is 16.4. The van der Waals surface area contributed by atoms with Crippen LogP contribution in [0.25, 0.3) is 0 Å². The average molecular weight is 301 g/mol. The molecular formula is C13H14F3N3S. The molecule has 0 saturated carbocycles. The molecule has 7 heteroatoms. The van der Waals surface area contributed by atoms with Crippen molar-refractivity contribution in [1.82, 2.24) is 5.32 Å². The summed E-state index contributed by atoms with van der Waals surface area (Å²) in [6.45, 7) is 3.65. The highest BCUT2D eigenvalue weighted by atomic mass is 32.2. The van der Waals surface area contributed by atoms with Crippen LogP contribution in [0.5, 0.6) is 0 Å².